The molecule has 10 heteroatoms. The van der Waals surface area contributed by atoms with Crippen LogP contribution in [0.3, 0.4) is 0 Å². The maximum Gasteiger partial charge on any atom is 0.416 e. The number of hydrogen-bond donors (Lipinski definition) is 1. The molecule has 4 aromatic rings. The molecular formula is C21H19F3N6O. The summed E-state index contributed by atoms with van der Waals surface area (Å²) in [7, 11) is 0. The molecule has 4 heterocycles. The van der Waals surface area contributed by atoms with Gasteiger partial charge in [0.25, 0.3) is 0 Å². The molecule has 0 radical (unpaired) electrons. The smallest absolute Gasteiger partial charge is 0.416 e. The van der Waals surface area contributed by atoms with Crippen LogP contribution >= 0.6 is 0 Å². The molecule has 5 rings (SSSR count). The predicted molar refractivity (Wildman–Crippen MR) is 106 cm³/mol. The van der Waals surface area contributed by atoms with Gasteiger partial charge >= 0.3 is 6.18 Å². The van der Waals surface area contributed by atoms with Crippen LogP contribution in [-0.4, -0.2) is 34.6 Å². The Morgan fingerprint density at radius 2 is 1.94 bits per heavy atom. The molecule has 1 aromatic carbocycles. The van der Waals surface area contributed by atoms with Crippen LogP contribution in [0.15, 0.2) is 30.5 Å². The summed E-state index contributed by atoms with van der Waals surface area (Å²) >= 11 is 0. The Morgan fingerprint density at radius 3 is 2.68 bits per heavy atom. The number of alkyl halides is 3. The lowest BCUT2D eigenvalue weighted by Gasteiger charge is -2.24. The number of aromatic hydroxyl groups is 1. The average Bonchev–Trinajstić information content (AvgIpc) is 3.30. The summed E-state index contributed by atoms with van der Waals surface area (Å²) < 4.78 is 43.0. The predicted octanol–water partition coefficient (Wildman–Crippen LogP) is 4.22. The van der Waals surface area contributed by atoms with Crippen LogP contribution in [-0.2, 0) is 19.1 Å². The normalized spacial score (nSPS) is 16.6. The molecule has 160 valence electrons. The molecule has 3 aromatic heterocycles. The van der Waals surface area contributed by atoms with Gasteiger partial charge in [-0.25, -0.2) is 4.98 Å². The molecule has 0 spiro atoms. The first kappa shape index (κ1) is 19.5. The Balaban J connectivity index is 1.50. The summed E-state index contributed by atoms with van der Waals surface area (Å²) in [5, 5.41) is 24.0. The van der Waals surface area contributed by atoms with Crippen molar-refractivity contribution in [2.24, 2.45) is 0 Å². The van der Waals surface area contributed by atoms with Crippen LogP contribution in [0.4, 0.5) is 13.2 Å². The van der Waals surface area contributed by atoms with Crippen molar-refractivity contribution in [3.8, 4) is 17.0 Å². The molecule has 31 heavy (non-hydrogen) atoms. The number of benzene rings is 1. The molecule has 0 amide bonds. The number of halogens is 3. The molecule has 1 N–H and O–H groups in total. The molecule has 0 aliphatic carbocycles. The fraction of sp³-hybridized carbons (Fsp3) is 0.333. The first-order valence-corrected chi connectivity index (χ1v) is 9.86. The minimum absolute atomic E-state index is 0.126. The van der Waals surface area contributed by atoms with Crippen molar-refractivity contribution in [2.75, 3.05) is 0 Å². The van der Waals surface area contributed by atoms with E-state index in [1.54, 1.807) is 6.07 Å². The van der Waals surface area contributed by atoms with Gasteiger partial charge in [0.2, 0.25) is 0 Å². The standard InChI is InChI=1S/C21H19F3N6O/c1-11-7-14(21(22,23)24)8-17(31)19(11)16-5-3-13-9-30(28-20(13)25-16)15-4-6-18-27-26-12(2)29(18)10-15/h3,5,7-9,15,31H,4,6,10H2,1-2H3/t15-/m0/s1. The van der Waals surface area contributed by atoms with Gasteiger partial charge in [-0.15, -0.1) is 10.2 Å². The number of phenols is 1. The second-order valence-corrected chi connectivity index (χ2v) is 7.87. The Bertz CT molecular complexity index is 1280. The number of rotatable bonds is 2. The first-order chi connectivity index (χ1) is 14.7. The number of pyridine rings is 1. The van der Waals surface area contributed by atoms with E-state index in [9.17, 15) is 18.3 Å². The minimum Gasteiger partial charge on any atom is -0.507 e. The number of aromatic nitrogens is 6. The summed E-state index contributed by atoms with van der Waals surface area (Å²) in [5.41, 5.74) is 0.524. The molecule has 0 saturated heterocycles. The van der Waals surface area contributed by atoms with Gasteiger partial charge in [-0.1, -0.05) is 0 Å². The van der Waals surface area contributed by atoms with Crippen molar-refractivity contribution >= 4 is 11.0 Å². The fourth-order valence-corrected chi connectivity index (χ4v) is 4.17. The molecule has 1 aliphatic heterocycles. The van der Waals surface area contributed by atoms with Crippen LogP contribution in [0.5, 0.6) is 5.75 Å². The van der Waals surface area contributed by atoms with E-state index in [0.717, 1.165) is 42.0 Å². The summed E-state index contributed by atoms with van der Waals surface area (Å²) in [5.74, 6) is 1.38. The van der Waals surface area contributed by atoms with Gasteiger partial charge in [-0.2, -0.15) is 18.3 Å². The monoisotopic (exact) mass is 428 g/mol. The van der Waals surface area contributed by atoms with Crippen LogP contribution in [0.1, 0.15) is 35.2 Å². The number of nitrogens with zero attached hydrogens (tertiary/aromatic N) is 6. The largest absolute Gasteiger partial charge is 0.507 e. The molecule has 0 bridgehead atoms. The van der Waals surface area contributed by atoms with Crippen LogP contribution in [0.2, 0.25) is 0 Å². The maximum atomic E-state index is 13.0. The van der Waals surface area contributed by atoms with E-state index in [2.05, 4.69) is 24.8 Å². The third-order valence-corrected chi connectivity index (χ3v) is 5.77. The molecular weight excluding hydrogens is 409 g/mol. The molecule has 7 nitrogen and oxygen atoms in total. The van der Waals surface area contributed by atoms with E-state index in [4.69, 9.17) is 0 Å². The Hall–Kier alpha value is -3.43. The molecule has 1 aliphatic rings. The summed E-state index contributed by atoms with van der Waals surface area (Å²) in [6, 6.07) is 5.37. The maximum absolute atomic E-state index is 13.0. The lowest BCUT2D eigenvalue weighted by molar-refractivity contribution is -0.137. The Labute approximate surface area is 175 Å². The minimum atomic E-state index is -4.53. The van der Waals surface area contributed by atoms with Gasteiger partial charge in [-0.05, 0) is 50.1 Å². The zero-order valence-electron chi connectivity index (χ0n) is 16.8. The number of fused-ring (bicyclic) bond motifs is 2. The van der Waals surface area contributed by atoms with Gasteiger partial charge in [0, 0.05) is 30.1 Å². The zero-order valence-corrected chi connectivity index (χ0v) is 16.8. The van der Waals surface area contributed by atoms with Crippen LogP contribution in [0, 0.1) is 13.8 Å². The highest BCUT2D eigenvalue weighted by Crippen LogP contribution is 2.39. The van der Waals surface area contributed by atoms with Gasteiger partial charge in [0.05, 0.1) is 17.3 Å². The van der Waals surface area contributed by atoms with Gasteiger partial charge in [-0.3, -0.25) is 4.68 Å². The van der Waals surface area contributed by atoms with E-state index in [0.29, 0.717) is 23.4 Å². The zero-order chi connectivity index (χ0) is 21.9. The van der Waals surface area contributed by atoms with Gasteiger partial charge in [0.1, 0.15) is 17.4 Å². The number of hydrogen-bond acceptors (Lipinski definition) is 5. The number of phenolic OH excluding ortho intramolecular Hbond substituents is 1. The summed E-state index contributed by atoms with van der Waals surface area (Å²) in [4.78, 5) is 4.52. The average molecular weight is 428 g/mol. The summed E-state index contributed by atoms with van der Waals surface area (Å²) in [6.07, 6.45) is -0.933. The van der Waals surface area contributed by atoms with E-state index < -0.39 is 17.5 Å². The second-order valence-electron chi connectivity index (χ2n) is 7.87. The quantitative estimate of drug-likeness (QED) is 0.517. The highest BCUT2D eigenvalue weighted by molar-refractivity contribution is 5.80. The topological polar surface area (TPSA) is 81.6 Å². The molecule has 0 unspecified atom stereocenters. The first-order valence-electron chi connectivity index (χ1n) is 9.86. The highest BCUT2D eigenvalue weighted by Gasteiger charge is 2.32. The Kier molecular flexibility index (Phi) is 4.28. The van der Waals surface area contributed by atoms with Crippen molar-refractivity contribution < 1.29 is 18.3 Å². The van der Waals surface area contributed by atoms with Crippen molar-refractivity contribution in [3.63, 3.8) is 0 Å². The van der Waals surface area contributed by atoms with Crippen LogP contribution < -0.4 is 0 Å². The van der Waals surface area contributed by atoms with Crippen molar-refractivity contribution in [2.45, 2.75) is 45.5 Å². The van der Waals surface area contributed by atoms with Gasteiger partial charge < -0.3 is 9.67 Å². The van der Waals surface area contributed by atoms with Gasteiger partial charge in [0.15, 0.2) is 5.65 Å². The molecule has 1 atom stereocenters. The Morgan fingerprint density at radius 1 is 1.13 bits per heavy atom. The molecule has 0 fully saturated rings. The van der Waals surface area contributed by atoms with Crippen molar-refractivity contribution in [1.82, 2.24) is 29.5 Å². The van der Waals surface area contributed by atoms with Crippen molar-refractivity contribution in [1.29, 1.82) is 0 Å². The van der Waals surface area contributed by atoms with Crippen LogP contribution in [0.25, 0.3) is 22.3 Å². The van der Waals surface area contributed by atoms with E-state index in [-0.39, 0.29) is 11.6 Å². The van der Waals surface area contributed by atoms with E-state index in [1.165, 1.54) is 6.92 Å². The number of aryl methyl sites for hydroxylation is 3. The lowest BCUT2D eigenvalue weighted by atomic mass is 10.00. The molecule has 0 saturated carbocycles. The second kappa shape index (κ2) is 6.79. The van der Waals surface area contributed by atoms with E-state index in [1.807, 2.05) is 23.9 Å². The SMILES string of the molecule is Cc1cc(C(F)(F)F)cc(O)c1-c1ccc2cn([C@H]3CCc4nnc(C)n4C3)nc2n1. The third kappa shape index (κ3) is 3.31. The summed E-state index contributed by atoms with van der Waals surface area (Å²) in [6.45, 7) is 4.16. The van der Waals surface area contributed by atoms with E-state index >= 15 is 0 Å². The third-order valence-electron chi connectivity index (χ3n) is 5.77. The lowest BCUT2D eigenvalue weighted by Crippen LogP contribution is -2.24. The highest BCUT2D eigenvalue weighted by atomic mass is 19.4. The van der Waals surface area contributed by atoms with Crippen molar-refractivity contribution in [3.05, 3.63) is 53.2 Å². The fourth-order valence-electron chi connectivity index (χ4n) is 4.17.